The number of amides is 1. The predicted octanol–water partition coefficient (Wildman–Crippen LogP) is 4.42. The summed E-state index contributed by atoms with van der Waals surface area (Å²) >= 11 is 0. The van der Waals surface area contributed by atoms with E-state index >= 15 is 0 Å². The van der Waals surface area contributed by atoms with Crippen LogP contribution in [-0.2, 0) is 16.1 Å². The number of nitrogens with zero attached hydrogens (tertiary/aromatic N) is 2. The van der Waals surface area contributed by atoms with E-state index in [2.05, 4.69) is 4.98 Å². The molecule has 0 bridgehead atoms. The minimum Gasteiger partial charge on any atom is -0.507 e. The summed E-state index contributed by atoms with van der Waals surface area (Å²) in [5.41, 5.74) is 2.47. The van der Waals surface area contributed by atoms with Crippen LogP contribution in [0.15, 0.2) is 72.4 Å². The van der Waals surface area contributed by atoms with Gasteiger partial charge in [-0.3, -0.25) is 14.6 Å². The first-order valence-corrected chi connectivity index (χ1v) is 11.0. The van der Waals surface area contributed by atoms with Crippen LogP contribution in [0.25, 0.3) is 5.76 Å². The molecule has 0 radical (unpaired) electrons. The molecule has 1 saturated heterocycles. The number of Topliss-reactive ketones (excluding diaryl/α,β-unsaturated/α-hetero) is 1. The fourth-order valence-electron chi connectivity index (χ4n) is 4.18. The Morgan fingerprint density at radius 2 is 1.82 bits per heavy atom. The van der Waals surface area contributed by atoms with Crippen molar-refractivity contribution in [3.8, 4) is 11.5 Å². The van der Waals surface area contributed by atoms with Gasteiger partial charge >= 0.3 is 0 Å². The molecule has 1 fully saturated rings. The van der Waals surface area contributed by atoms with Gasteiger partial charge in [-0.1, -0.05) is 24.3 Å². The molecule has 7 nitrogen and oxygen atoms in total. The van der Waals surface area contributed by atoms with Crippen LogP contribution in [0.2, 0.25) is 0 Å². The predicted molar refractivity (Wildman–Crippen MR) is 127 cm³/mol. The second-order valence-electron chi connectivity index (χ2n) is 7.91. The molecule has 174 valence electrons. The third-order valence-electron chi connectivity index (χ3n) is 5.79. The molecule has 7 heteroatoms. The van der Waals surface area contributed by atoms with Crippen molar-refractivity contribution in [2.45, 2.75) is 26.4 Å². The maximum absolute atomic E-state index is 13.2. The van der Waals surface area contributed by atoms with E-state index in [9.17, 15) is 14.7 Å². The highest BCUT2D eigenvalue weighted by Crippen LogP contribution is 2.40. The SMILES string of the molecule is CCOc1ccc(/C(O)=C2/C(=O)C(=O)N(Cc3ccccc3OC)C2c2ccccn2)cc1C. The van der Waals surface area contributed by atoms with Gasteiger partial charge in [0.1, 0.15) is 23.3 Å². The molecule has 0 spiro atoms. The average Bonchev–Trinajstić information content (AvgIpc) is 3.10. The van der Waals surface area contributed by atoms with Crippen molar-refractivity contribution in [3.05, 3.63) is 94.8 Å². The topological polar surface area (TPSA) is 89.0 Å². The van der Waals surface area contributed by atoms with Gasteiger partial charge in [0.05, 0.1) is 31.5 Å². The number of aliphatic hydroxyl groups excluding tert-OH is 1. The fourth-order valence-corrected chi connectivity index (χ4v) is 4.18. The number of likely N-dealkylation sites (tertiary alicyclic amines) is 1. The highest BCUT2D eigenvalue weighted by Gasteiger charge is 2.47. The Bertz CT molecular complexity index is 1250. The lowest BCUT2D eigenvalue weighted by Gasteiger charge is -2.25. The molecule has 34 heavy (non-hydrogen) atoms. The highest BCUT2D eigenvalue weighted by atomic mass is 16.5. The van der Waals surface area contributed by atoms with Gasteiger partial charge in [-0.25, -0.2) is 0 Å². The number of hydrogen-bond acceptors (Lipinski definition) is 6. The lowest BCUT2D eigenvalue weighted by molar-refractivity contribution is -0.140. The highest BCUT2D eigenvalue weighted by molar-refractivity contribution is 6.46. The van der Waals surface area contributed by atoms with E-state index in [-0.39, 0.29) is 17.9 Å². The van der Waals surface area contributed by atoms with E-state index in [1.54, 1.807) is 55.8 Å². The smallest absolute Gasteiger partial charge is 0.296 e. The molecule has 3 aromatic rings. The number of pyridine rings is 1. The zero-order valence-electron chi connectivity index (χ0n) is 19.3. The number of ketones is 1. The van der Waals surface area contributed by atoms with Crippen molar-refractivity contribution in [2.75, 3.05) is 13.7 Å². The van der Waals surface area contributed by atoms with Crippen LogP contribution in [0.1, 0.15) is 35.3 Å². The molecule has 1 amide bonds. The molecule has 4 rings (SSSR count). The van der Waals surface area contributed by atoms with Crippen molar-refractivity contribution in [2.24, 2.45) is 0 Å². The van der Waals surface area contributed by atoms with Gasteiger partial charge in [-0.05, 0) is 55.8 Å². The van der Waals surface area contributed by atoms with Gasteiger partial charge in [0, 0.05) is 17.3 Å². The number of aromatic nitrogens is 1. The van der Waals surface area contributed by atoms with E-state index in [1.165, 1.54) is 4.90 Å². The first-order chi connectivity index (χ1) is 16.5. The second kappa shape index (κ2) is 9.79. The Kier molecular flexibility index (Phi) is 6.63. The van der Waals surface area contributed by atoms with Crippen LogP contribution < -0.4 is 9.47 Å². The summed E-state index contributed by atoms with van der Waals surface area (Å²) in [7, 11) is 1.55. The van der Waals surface area contributed by atoms with Crippen LogP contribution in [0.4, 0.5) is 0 Å². The van der Waals surface area contributed by atoms with Gasteiger partial charge < -0.3 is 19.5 Å². The third-order valence-corrected chi connectivity index (χ3v) is 5.79. The maximum atomic E-state index is 13.2. The fraction of sp³-hybridized carbons (Fsp3) is 0.222. The largest absolute Gasteiger partial charge is 0.507 e. The standard InChI is InChI=1S/C27H26N2O5/c1-4-34-21-13-12-18(15-17(21)2)25(30)23-24(20-10-7-8-14-28-20)29(27(32)26(23)31)16-19-9-5-6-11-22(19)33-3/h5-15,24,30H,4,16H2,1-3H3/b25-23-. The van der Waals surface area contributed by atoms with Crippen molar-refractivity contribution in [1.82, 2.24) is 9.88 Å². The first kappa shape index (κ1) is 23.0. The monoisotopic (exact) mass is 458 g/mol. The van der Waals surface area contributed by atoms with Crippen LogP contribution in [0.3, 0.4) is 0 Å². The van der Waals surface area contributed by atoms with Crippen molar-refractivity contribution in [1.29, 1.82) is 0 Å². The number of para-hydroxylation sites is 1. The Labute approximate surface area is 198 Å². The summed E-state index contributed by atoms with van der Waals surface area (Å²) < 4.78 is 11.0. The number of rotatable bonds is 7. The molecule has 1 aromatic heterocycles. The molecule has 1 unspecified atom stereocenters. The van der Waals surface area contributed by atoms with Crippen molar-refractivity contribution in [3.63, 3.8) is 0 Å². The van der Waals surface area contributed by atoms with E-state index in [4.69, 9.17) is 9.47 Å². The molecule has 0 saturated carbocycles. The summed E-state index contributed by atoms with van der Waals surface area (Å²) in [4.78, 5) is 32.2. The summed E-state index contributed by atoms with van der Waals surface area (Å²) in [5, 5.41) is 11.3. The lowest BCUT2D eigenvalue weighted by Crippen LogP contribution is -2.29. The second-order valence-corrected chi connectivity index (χ2v) is 7.91. The number of methoxy groups -OCH3 is 1. The summed E-state index contributed by atoms with van der Waals surface area (Å²) in [6, 6.07) is 16.9. The van der Waals surface area contributed by atoms with Gasteiger partial charge in [0.15, 0.2) is 0 Å². The van der Waals surface area contributed by atoms with Crippen molar-refractivity contribution >= 4 is 17.4 Å². The van der Waals surface area contributed by atoms with Crippen molar-refractivity contribution < 1.29 is 24.2 Å². The van der Waals surface area contributed by atoms with Crippen LogP contribution in [-0.4, -0.2) is 40.4 Å². The van der Waals surface area contributed by atoms with Gasteiger partial charge in [0.25, 0.3) is 11.7 Å². The number of aliphatic hydroxyl groups is 1. The number of hydrogen-bond donors (Lipinski definition) is 1. The summed E-state index contributed by atoms with van der Waals surface area (Å²) in [6.45, 7) is 4.39. The molecule has 1 atom stereocenters. The maximum Gasteiger partial charge on any atom is 0.296 e. The Hall–Kier alpha value is -4.13. The van der Waals surface area contributed by atoms with E-state index in [1.807, 2.05) is 32.0 Å². The zero-order valence-corrected chi connectivity index (χ0v) is 19.3. The minimum atomic E-state index is -0.849. The molecule has 1 N–H and O–H groups in total. The molecular formula is C27H26N2O5. The molecule has 1 aliphatic heterocycles. The van der Waals surface area contributed by atoms with E-state index < -0.39 is 17.7 Å². The van der Waals surface area contributed by atoms with Gasteiger partial charge in [0.2, 0.25) is 0 Å². The van der Waals surface area contributed by atoms with E-state index in [0.717, 1.165) is 11.1 Å². The third kappa shape index (κ3) is 4.24. The molecule has 2 heterocycles. The quantitative estimate of drug-likeness (QED) is 0.320. The number of carbonyl (C=O) groups excluding carboxylic acids is 2. The van der Waals surface area contributed by atoms with Crippen LogP contribution >= 0.6 is 0 Å². The number of benzene rings is 2. The van der Waals surface area contributed by atoms with Gasteiger partial charge in [-0.2, -0.15) is 0 Å². The number of ether oxygens (including phenoxy) is 2. The number of aryl methyl sites for hydroxylation is 1. The van der Waals surface area contributed by atoms with Crippen LogP contribution in [0.5, 0.6) is 11.5 Å². The Morgan fingerprint density at radius 1 is 1.06 bits per heavy atom. The average molecular weight is 459 g/mol. The molecule has 0 aliphatic carbocycles. The van der Waals surface area contributed by atoms with E-state index in [0.29, 0.717) is 29.4 Å². The normalized spacial score (nSPS) is 17.1. The number of carbonyl (C=O) groups is 2. The summed E-state index contributed by atoms with van der Waals surface area (Å²) in [5.74, 6) is -0.411. The minimum absolute atomic E-state index is 0.00200. The Morgan fingerprint density at radius 3 is 2.50 bits per heavy atom. The summed E-state index contributed by atoms with van der Waals surface area (Å²) in [6.07, 6.45) is 1.60. The van der Waals surface area contributed by atoms with Crippen LogP contribution in [0, 0.1) is 6.92 Å². The lowest BCUT2D eigenvalue weighted by atomic mass is 9.97. The first-order valence-electron chi connectivity index (χ1n) is 11.0. The molecular weight excluding hydrogens is 432 g/mol. The zero-order chi connectivity index (χ0) is 24.2. The molecule has 1 aliphatic rings. The van der Waals surface area contributed by atoms with Gasteiger partial charge in [-0.15, -0.1) is 0 Å². The Balaban J connectivity index is 1.84. The molecule has 2 aromatic carbocycles.